The van der Waals surface area contributed by atoms with Crippen molar-refractivity contribution in [3.63, 3.8) is 0 Å². The van der Waals surface area contributed by atoms with Crippen molar-refractivity contribution in [3.8, 4) is 0 Å². The number of carbonyl (C=O) groups is 1. The summed E-state index contributed by atoms with van der Waals surface area (Å²) >= 11 is 0. The van der Waals surface area contributed by atoms with Gasteiger partial charge in [-0.1, -0.05) is 12.1 Å². The predicted octanol–water partition coefficient (Wildman–Crippen LogP) is 2.14. The van der Waals surface area contributed by atoms with E-state index in [1.165, 1.54) is 18.2 Å². The molecule has 0 spiro atoms. The number of hydrogen-bond donors (Lipinski definition) is 2. The molecule has 0 aliphatic heterocycles. The Morgan fingerprint density at radius 3 is 2.43 bits per heavy atom. The Labute approximate surface area is 123 Å². The summed E-state index contributed by atoms with van der Waals surface area (Å²) in [5.41, 5.74) is 13.4. The van der Waals surface area contributed by atoms with Gasteiger partial charge in [-0.05, 0) is 42.9 Å². The van der Waals surface area contributed by atoms with Gasteiger partial charge in [0, 0.05) is 29.9 Å². The van der Waals surface area contributed by atoms with Gasteiger partial charge in [0.05, 0.1) is 0 Å². The van der Waals surface area contributed by atoms with Crippen molar-refractivity contribution in [1.29, 1.82) is 0 Å². The smallest absolute Gasteiger partial charge is 0.248 e. The van der Waals surface area contributed by atoms with E-state index in [2.05, 4.69) is 0 Å². The van der Waals surface area contributed by atoms with E-state index < -0.39 is 5.91 Å². The van der Waals surface area contributed by atoms with Crippen LogP contribution in [0.1, 0.15) is 21.5 Å². The van der Waals surface area contributed by atoms with Crippen LogP contribution in [0.5, 0.6) is 0 Å². The van der Waals surface area contributed by atoms with E-state index in [9.17, 15) is 9.18 Å². The van der Waals surface area contributed by atoms with Crippen LogP contribution in [0.2, 0.25) is 0 Å². The van der Waals surface area contributed by atoms with Gasteiger partial charge in [0.1, 0.15) is 5.82 Å². The zero-order chi connectivity index (χ0) is 15.4. The Morgan fingerprint density at radius 2 is 1.81 bits per heavy atom. The molecule has 0 saturated heterocycles. The third-order valence-electron chi connectivity index (χ3n) is 3.20. The number of primary amides is 1. The van der Waals surface area contributed by atoms with Crippen LogP contribution in [0.25, 0.3) is 0 Å². The van der Waals surface area contributed by atoms with E-state index in [1.54, 1.807) is 0 Å². The van der Waals surface area contributed by atoms with Crippen molar-refractivity contribution in [2.24, 2.45) is 5.73 Å². The van der Waals surface area contributed by atoms with Gasteiger partial charge in [-0.2, -0.15) is 0 Å². The van der Waals surface area contributed by atoms with Gasteiger partial charge in [-0.15, -0.1) is 0 Å². The van der Waals surface area contributed by atoms with Crippen molar-refractivity contribution in [3.05, 3.63) is 65.0 Å². The topological polar surface area (TPSA) is 72.3 Å². The molecule has 0 aromatic heterocycles. The first-order valence-electron chi connectivity index (χ1n) is 6.57. The normalized spacial score (nSPS) is 10.8. The summed E-state index contributed by atoms with van der Waals surface area (Å²) in [6, 6.07) is 11.7. The van der Waals surface area contributed by atoms with E-state index >= 15 is 0 Å². The minimum atomic E-state index is -0.558. The molecule has 2 rings (SSSR count). The Kier molecular flexibility index (Phi) is 4.55. The van der Waals surface area contributed by atoms with Crippen LogP contribution in [-0.2, 0) is 13.1 Å². The van der Waals surface area contributed by atoms with Gasteiger partial charge in [0.25, 0.3) is 0 Å². The van der Waals surface area contributed by atoms with Crippen molar-refractivity contribution in [1.82, 2.24) is 4.90 Å². The Balaban J connectivity index is 2.08. The van der Waals surface area contributed by atoms with Crippen LogP contribution in [0.15, 0.2) is 42.5 Å². The summed E-state index contributed by atoms with van der Waals surface area (Å²) in [5.74, 6) is -0.901. The molecule has 0 aliphatic rings. The highest BCUT2D eigenvalue weighted by Crippen LogP contribution is 2.14. The van der Waals surface area contributed by atoms with Crippen LogP contribution in [0.4, 0.5) is 10.1 Å². The molecule has 0 heterocycles. The van der Waals surface area contributed by atoms with Crippen LogP contribution < -0.4 is 11.5 Å². The molecule has 2 aromatic rings. The number of nitrogens with two attached hydrogens (primary N) is 2. The molecule has 21 heavy (non-hydrogen) atoms. The molecule has 5 heteroatoms. The number of hydrogen-bond acceptors (Lipinski definition) is 3. The summed E-state index contributed by atoms with van der Waals surface area (Å²) in [6.07, 6.45) is 0. The fourth-order valence-electron chi connectivity index (χ4n) is 2.13. The summed E-state index contributed by atoms with van der Waals surface area (Å²) in [6.45, 7) is 1.04. The fourth-order valence-corrected chi connectivity index (χ4v) is 2.13. The highest BCUT2D eigenvalue weighted by atomic mass is 19.1. The maximum atomic E-state index is 13.8. The van der Waals surface area contributed by atoms with Gasteiger partial charge in [-0.3, -0.25) is 9.69 Å². The first-order valence-corrected chi connectivity index (χ1v) is 6.57. The Hall–Kier alpha value is -2.40. The lowest BCUT2D eigenvalue weighted by atomic mass is 10.1. The summed E-state index contributed by atoms with van der Waals surface area (Å²) < 4.78 is 13.8. The third-order valence-corrected chi connectivity index (χ3v) is 3.20. The monoisotopic (exact) mass is 287 g/mol. The molecule has 0 saturated carbocycles. The number of halogens is 1. The molecule has 4 nitrogen and oxygen atoms in total. The maximum Gasteiger partial charge on any atom is 0.248 e. The second kappa shape index (κ2) is 6.37. The maximum absolute atomic E-state index is 13.8. The third kappa shape index (κ3) is 4.03. The SMILES string of the molecule is CN(Cc1ccc(N)cc1)Cc1cc(C(N)=O)ccc1F. The molecule has 1 amide bonds. The lowest BCUT2D eigenvalue weighted by Crippen LogP contribution is -2.19. The second-order valence-electron chi connectivity index (χ2n) is 5.08. The van der Waals surface area contributed by atoms with Crippen molar-refractivity contribution < 1.29 is 9.18 Å². The average molecular weight is 287 g/mol. The number of amides is 1. The van der Waals surface area contributed by atoms with Gasteiger partial charge in [-0.25, -0.2) is 4.39 Å². The lowest BCUT2D eigenvalue weighted by molar-refractivity contribution is 0.1000. The zero-order valence-corrected chi connectivity index (χ0v) is 11.8. The minimum absolute atomic E-state index is 0.312. The number of carbonyl (C=O) groups excluding carboxylic acids is 1. The predicted molar refractivity (Wildman–Crippen MR) is 80.9 cm³/mol. The van der Waals surface area contributed by atoms with Crippen LogP contribution in [0.3, 0.4) is 0 Å². The second-order valence-corrected chi connectivity index (χ2v) is 5.08. The molecular formula is C16H18FN3O. The fraction of sp³-hybridized carbons (Fsp3) is 0.188. The highest BCUT2D eigenvalue weighted by Gasteiger charge is 2.10. The molecular weight excluding hydrogens is 269 g/mol. The molecule has 0 bridgehead atoms. The molecule has 110 valence electrons. The molecule has 0 fully saturated rings. The summed E-state index contributed by atoms with van der Waals surface area (Å²) in [5, 5.41) is 0. The van der Waals surface area contributed by atoms with Crippen LogP contribution >= 0.6 is 0 Å². The van der Waals surface area contributed by atoms with Crippen molar-refractivity contribution in [2.45, 2.75) is 13.1 Å². The lowest BCUT2D eigenvalue weighted by Gasteiger charge is -2.17. The molecule has 2 aromatic carbocycles. The first kappa shape index (κ1) is 15.0. The minimum Gasteiger partial charge on any atom is -0.399 e. The van der Waals surface area contributed by atoms with Gasteiger partial charge in [0.15, 0.2) is 0 Å². The molecule has 4 N–H and O–H groups in total. The zero-order valence-electron chi connectivity index (χ0n) is 11.8. The number of rotatable bonds is 5. The molecule has 0 unspecified atom stereocenters. The van der Waals surface area contributed by atoms with Gasteiger partial charge >= 0.3 is 0 Å². The number of nitrogen functional groups attached to an aromatic ring is 1. The van der Waals surface area contributed by atoms with E-state index in [-0.39, 0.29) is 5.82 Å². The number of benzene rings is 2. The van der Waals surface area contributed by atoms with Crippen LogP contribution in [0, 0.1) is 5.82 Å². The first-order chi connectivity index (χ1) is 9.95. The quantitative estimate of drug-likeness (QED) is 0.828. The van der Waals surface area contributed by atoms with E-state index in [1.807, 2.05) is 36.2 Å². The van der Waals surface area contributed by atoms with E-state index in [0.717, 1.165) is 5.56 Å². The van der Waals surface area contributed by atoms with Crippen molar-refractivity contribution in [2.75, 3.05) is 12.8 Å². The standard InChI is InChI=1S/C16H18FN3O/c1-20(9-11-2-5-14(18)6-3-11)10-13-8-12(16(19)21)4-7-15(13)17/h2-8H,9-10,18H2,1H3,(H2,19,21). The summed E-state index contributed by atoms with van der Waals surface area (Å²) in [4.78, 5) is 13.1. The average Bonchev–Trinajstić information content (AvgIpc) is 2.43. The van der Waals surface area contributed by atoms with Crippen molar-refractivity contribution >= 4 is 11.6 Å². The Bertz CT molecular complexity index is 640. The van der Waals surface area contributed by atoms with Crippen LogP contribution in [-0.4, -0.2) is 17.9 Å². The molecule has 0 aliphatic carbocycles. The Morgan fingerprint density at radius 1 is 1.14 bits per heavy atom. The largest absolute Gasteiger partial charge is 0.399 e. The number of anilines is 1. The number of nitrogens with zero attached hydrogens (tertiary/aromatic N) is 1. The highest BCUT2D eigenvalue weighted by molar-refractivity contribution is 5.92. The summed E-state index contributed by atoms with van der Waals surface area (Å²) in [7, 11) is 1.88. The van der Waals surface area contributed by atoms with Gasteiger partial charge in [0.2, 0.25) is 5.91 Å². The van der Waals surface area contributed by atoms with E-state index in [4.69, 9.17) is 11.5 Å². The molecule has 0 radical (unpaired) electrons. The van der Waals surface area contributed by atoms with E-state index in [0.29, 0.717) is 29.9 Å². The van der Waals surface area contributed by atoms with Gasteiger partial charge < -0.3 is 11.5 Å². The molecule has 0 atom stereocenters.